The van der Waals surface area contributed by atoms with Crippen LogP contribution in [0.15, 0.2) is 29.2 Å². The molecule has 0 amide bonds. The average molecular weight is 313 g/mol. The lowest BCUT2D eigenvalue weighted by Crippen LogP contribution is -2.33. The first-order chi connectivity index (χ1) is 9.94. The molecular weight excluding hydrogens is 294 g/mol. The number of hydrogen-bond acceptors (Lipinski definition) is 5. The van der Waals surface area contributed by atoms with Crippen LogP contribution in [0.25, 0.3) is 0 Å². The Bertz CT molecular complexity index is 592. The number of aliphatic hydroxyl groups is 1. The van der Waals surface area contributed by atoms with Crippen LogP contribution in [0.5, 0.6) is 0 Å². The number of carbonyl (C=O) groups is 1. The number of sulfonamides is 1. The maximum Gasteiger partial charge on any atom is 0.338 e. The van der Waals surface area contributed by atoms with Gasteiger partial charge in [0.1, 0.15) is 0 Å². The first-order valence-corrected chi connectivity index (χ1v) is 8.37. The quantitative estimate of drug-likeness (QED) is 0.730. The predicted molar refractivity (Wildman–Crippen MR) is 76.3 cm³/mol. The Balaban J connectivity index is 2.00. The number of hydrogen-bond donors (Lipinski definition) is 2. The third kappa shape index (κ3) is 4.26. The standard InChI is InChI=1S/C14H19NO5S/c1-2-20-14(17)11-5-7-12(8-6-11)21(18,19)15-9-13(16)10-3-4-10/h5-8,10,13,15-16H,2-4,9H2,1H3. The van der Waals surface area contributed by atoms with Crippen molar-refractivity contribution in [2.24, 2.45) is 5.92 Å². The van der Waals surface area contributed by atoms with Gasteiger partial charge in [-0.15, -0.1) is 0 Å². The zero-order valence-electron chi connectivity index (χ0n) is 11.8. The van der Waals surface area contributed by atoms with E-state index in [0.29, 0.717) is 5.56 Å². The Morgan fingerprint density at radius 1 is 1.38 bits per heavy atom. The van der Waals surface area contributed by atoms with E-state index in [1.165, 1.54) is 24.3 Å². The van der Waals surface area contributed by atoms with Crippen molar-refractivity contribution < 1.29 is 23.1 Å². The Kier molecular flexibility index (Phi) is 4.97. The van der Waals surface area contributed by atoms with Crippen molar-refractivity contribution in [3.8, 4) is 0 Å². The summed E-state index contributed by atoms with van der Waals surface area (Å²) in [6.07, 6.45) is 1.24. The molecule has 2 N–H and O–H groups in total. The van der Waals surface area contributed by atoms with Crippen LogP contribution in [-0.2, 0) is 14.8 Å². The number of esters is 1. The van der Waals surface area contributed by atoms with Crippen LogP contribution in [0, 0.1) is 5.92 Å². The van der Waals surface area contributed by atoms with E-state index in [4.69, 9.17) is 4.74 Å². The highest BCUT2D eigenvalue weighted by molar-refractivity contribution is 7.89. The molecule has 1 aromatic rings. The molecule has 7 heteroatoms. The minimum atomic E-state index is -3.68. The van der Waals surface area contributed by atoms with Crippen LogP contribution in [-0.4, -0.2) is 38.7 Å². The van der Waals surface area contributed by atoms with Crippen molar-refractivity contribution in [3.63, 3.8) is 0 Å². The second kappa shape index (κ2) is 6.55. The summed E-state index contributed by atoms with van der Waals surface area (Å²) in [5, 5.41) is 9.69. The van der Waals surface area contributed by atoms with E-state index in [1.807, 2.05) is 0 Å². The topological polar surface area (TPSA) is 92.7 Å². The van der Waals surface area contributed by atoms with Crippen molar-refractivity contribution in [3.05, 3.63) is 29.8 Å². The van der Waals surface area contributed by atoms with E-state index in [-0.39, 0.29) is 24.0 Å². The van der Waals surface area contributed by atoms with Gasteiger partial charge in [0.2, 0.25) is 10.0 Å². The van der Waals surface area contributed by atoms with Crippen molar-refractivity contribution >= 4 is 16.0 Å². The molecule has 0 aliphatic heterocycles. The second-order valence-electron chi connectivity index (χ2n) is 5.00. The average Bonchev–Trinajstić information content (AvgIpc) is 3.30. The number of benzene rings is 1. The lowest BCUT2D eigenvalue weighted by molar-refractivity contribution is 0.0526. The van der Waals surface area contributed by atoms with Gasteiger partial charge < -0.3 is 9.84 Å². The van der Waals surface area contributed by atoms with Crippen LogP contribution >= 0.6 is 0 Å². The molecule has 116 valence electrons. The van der Waals surface area contributed by atoms with Gasteiger partial charge in [0.15, 0.2) is 0 Å². The van der Waals surface area contributed by atoms with Crippen molar-refractivity contribution in [1.82, 2.24) is 4.72 Å². The summed E-state index contributed by atoms with van der Waals surface area (Å²) in [7, 11) is -3.68. The minimum absolute atomic E-state index is 0.00658. The van der Waals surface area contributed by atoms with Gasteiger partial charge in [-0.2, -0.15) is 0 Å². The number of aliphatic hydroxyl groups excluding tert-OH is 1. The predicted octanol–water partition coefficient (Wildman–Crippen LogP) is 0.912. The fourth-order valence-electron chi connectivity index (χ4n) is 1.91. The molecule has 0 aromatic heterocycles. The fraction of sp³-hybridized carbons (Fsp3) is 0.500. The first-order valence-electron chi connectivity index (χ1n) is 6.89. The first kappa shape index (κ1) is 15.9. The zero-order valence-corrected chi connectivity index (χ0v) is 12.6. The molecule has 1 aromatic carbocycles. The molecule has 1 unspecified atom stereocenters. The van der Waals surface area contributed by atoms with Gasteiger partial charge in [-0.25, -0.2) is 17.9 Å². The summed E-state index contributed by atoms with van der Waals surface area (Å²) < 4.78 is 31.3. The van der Waals surface area contributed by atoms with Crippen LogP contribution in [0.3, 0.4) is 0 Å². The summed E-state index contributed by atoms with van der Waals surface area (Å²) in [5.74, 6) is -0.280. The van der Waals surface area contributed by atoms with Gasteiger partial charge in [0.05, 0.1) is 23.2 Å². The zero-order chi connectivity index (χ0) is 15.5. The SMILES string of the molecule is CCOC(=O)c1ccc(S(=O)(=O)NCC(O)C2CC2)cc1. The molecule has 0 saturated heterocycles. The molecule has 1 saturated carbocycles. The smallest absolute Gasteiger partial charge is 0.338 e. The highest BCUT2D eigenvalue weighted by atomic mass is 32.2. The normalized spacial score (nSPS) is 16.5. The fourth-order valence-corrected chi connectivity index (χ4v) is 2.96. The molecule has 0 bridgehead atoms. The number of carbonyl (C=O) groups excluding carboxylic acids is 1. The molecule has 0 heterocycles. The van der Waals surface area contributed by atoms with Crippen LogP contribution in [0.2, 0.25) is 0 Å². The Labute approximate surface area is 124 Å². The highest BCUT2D eigenvalue weighted by Gasteiger charge is 2.30. The summed E-state index contributed by atoms with van der Waals surface area (Å²) in [6, 6.07) is 5.50. The summed E-state index contributed by atoms with van der Waals surface area (Å²) in [5.41, 5.74) is 0.300. The van der Waals surface area contributed by atoms with E-state index in [9.17, 15) is 18.3 Å². The summed E-state index contributed by atoms with van der Waals surface area (Å²) in [6.45, 7) is 1.97. The lowest BCUT2D eigenvalue weighted by atomic mass is 10.2. The molecule has 1 aliphatic rings. The monoisotopic (exact) mass is 313 g/mol. The van der Waals surface area contributed by atoms with Crippen LogP contribution < -0.4 is 4.72 Å². The second-order valence-corrected chi connectivity index (χ2v) is 6.77. The largest absolute Gasteiger partial charge is 0.462 e. The lowest BCUT2D eigenvalue weighted by Gasteiger charge is -2.11. The molecule has 0 spiro atoms. The van der Waals surface area contributed by atoms with Gasteiger partial charge in [-0.1, -0.05) is 0 Å². The van der Waals surface area contributed by atoms with Crippen LogP contribution in [0.4, 0.5) is 0 Å². The molecular formula is C14H19NO5S. The summed E-state index contributed by atoms with van der Waals surface area (Å²) in [4.78, 5) is 11.5. The van der Waals surface area contributed by atoms with Gasteiger partial charge in [0.25, 0.3) is 0 Å². The van der Waals surface area contributed by atoms with E-state index in [2.05, 4.69) is 4.72 Å². The molecule has 6 nitrogen and oxygen atoms in total. The van der Waals surface area contributed by atoms with Gasteiger partial charge >= 0.3 is 5.97 Å². The van der Waals surface area contributed by atoms with Crippen molar-refractivity contribution in [2.45, 2.75) is 30.8 Å². The van der Waals surface area contributed by atoms with Gasteiger partial charge in [-0.3, -0.25) is 0 Å². The third-order valence-corrected chi connectivity index (χ3v) is 4.76. The Morgan fingerprint density at radius 3 is 2.52 bits per heavy atom. The Hall–Kier alpha value is -1.44. The van der Waals surface area contributed by atoms with Gasteiger partial charge in [0, 0.05) is 6.54 Å². The molecule has 1 atom stereocenters. The van der Waals surface area contributed by atoms with E-state index < -0.39 is 22.1 Å². The third-order valence-electron chi connectivity index (χ3n) is 3.32. The van der Waals surface area contributed by atoms with Crippen LogP contribution in [0.1, 0.15) is 30.1 Å². The van der Waals surface area contributed by atoms with E-state index in [0.717, 1.165) is 12.8 Å². The van der Waals surface area contributed by atoms with E-state index >= 15 is 0 Å². The van der Waals surface area contributed by atoms with Crippen molar-refractivity contribution in [2.75, 3.05) is 13.2 Å². The highest BCUT2D eigenvalue weighted by Crippen LogP contribution is 2.32. The Morgan fingerprint density at radius 2 is 2.00 bits per heavy atom. The molecule has 1 aliphatic carbocycles. The number of nitrogens with one attached hydrogen (secondary N) is 1. The molecule has 0 radical (unpaired) electrons. The van der Waals surface area contributed by atoms with Crippen molar-refractivity contribution in [1.29, 1.82) is 0 Å². The number of ether oxygens (including phenoxy) is 1. The molecule has 1 fully saturated rings. The maximum absolute atomic E-state index is 12.0. The van der Waals surface area contributed by atoms with E-state index in [1.54, 1.807) is 6.92 Å². The van der Waals surface area contributed by atoms with Gasteiger partial charge in [-0.05, 0) is 49.9 Å². The summed E-state index contributed by atoms with van der Waals surface area (Å²) >= 11 is 0. The minimum Gasteiger partial charge on any atom is -0.462 e. The molecule has 2 rings (SSSR count). The maximum atomic E-state index is 12.0. The number of rotatable bonds is 7. The molecule has 21 heavy (non-hydrogen) atoms.